The first-order chi connectivity index (χ1) is 10.5. The van der Waals surface area contributed by atoms with E-state index in [4.69, 9.17) is 0 Å². The molecule has 1 spiro atoms. The number of fused-ring (bicyclic) bond motifs is 3. The van der Waals surface area contributed by atoms with Crippen molar-refractivity contribution in [1.29, 1.82) is 0 Å². The third-order valence-corrected chi connectivity index (χ3v) is 7.44. The molecule has 0 aliphatic heterocycles. The van der Waals surface area contributed by atoms with E-state index < -0.39 is 11.4 Å². The predicted molar refractivity (Wildman–Crippen MR) is 82.3 cm³/mol. The second-order valence-corrected chi connectivity index (χ2v) is 8.75. The molecule has 5 aliphatic carbocycles. The molecule has 22 heavy (non-hydrogen) atoms. The van der Waals surface area contributed by atoms with E-state index in [0.29, 0.717) is 17.8 Å². The summed E-state index contributed by atoms with van der Waals surface area (Å²) in [5.74, 6) is 0.179. The van der Waals surface area contributed by atoms with Gasteiger partial charge in [-0.15, -0.1) is 0 Å². The first kappa shape index (κ1) is 14.5. The Bertz CT molecular complexity index is 476. The van der Waals surface area contributed by atoms with Gasteiger partial charge in [0, 0.05) is 12.0 Å². The SMILES string of the molecule is O=C(CC1CC2(CCC2)C1)NC12CCC(C(=O)O)(CC1)CC2. The second-order valence-electron chi connectivity index (χ2n) is 8.75. The number of hydrogen-bond donors (Lipinski definition) is 2. The third-order valence-electron chi connectivity index (χ3n) is 7.44. The first-order valence-corrected chi connectivity index (χ1v) is 9.00. The molecule has 5 rings (SSSR count). The largest absolute Gasteiger partial charge is 0.481 e. The summed E-state index contributed by atoms with van der Waals surface area (Å²) in [5.41, 5.74) is 0.0588. The fraction of sp³-hybridized carbons (Fsp3) is 0.889. The average molecular weight is 305 g/mol. The van der Waals surface area contributed by atoms with Crippen molar-refractivity contribution in [3.8, 4) is 0 Å². The summed E-state index contributed by atoms with van der Waals surface area (Å²) in [5, 5.41) is 12.7. The highest BCUT2D eigenvalue weighted by Gasteiger charge is 2.53. The van der Waals surface area contributed by atoms with Gasteiger partial charge in [0.15, 0.2) is 0 Å². The number of rotatable bonds is 4. The zero-order chi connectivity index (χ0) is 15.4. The van der Waals surface area contributed by atoms with Gasteiger partial charge in [0.1, 0.15) is 0 Å². The number of amides is 1. The van der Waals surface area contributed by atoms with Crippen LogP contribution in [0.2, 0.25) is 0 Å². The molecule has 4 heteroatoms. The van der Waals surface area contributed by atoms with Gasteiger partial charge in [0.25, 0.3) is 0 Å². The van der Waals surface area contributed by atoms with Crippen molar-refractivity contribution < 1.29 is 14.7 Å². The Morgan fingerprint density at radius 3 is 2.00 bits per heavy atom. The van der Waals surface area contributed by atoms with Crippen molar-refractivity contribution in [3.63, 3.8) is 0 Å². The summed E-state index contributed by atoms with van der Waals surface area (Å²) < 4.78 is 0. The normalized spacial score (nSPS) is 39.1. The molecule has 5 aliphatic rings. The van der Waals surface area contributed by atoms with Gasteiger partial charge < -0.3 is 10.4 Å². The van der Waals surface area contributed by atoms with Crippen molar-refractivity contribution in [2.24, 2.45) is 16.7 Å². The Kier molecular flexibility index (Phi) is 3.11. The summed E-state index contributed by atoms with van der Waals surface area (Å²) >= 11 is 0. The third kappa shape index (κ3) is 2.17. The number of carbonyl (C=O) groups is 2. The summed E-state index contributed by atoms with van der Waals surface area (Å²) in [4.78, 5) is 23.9. The lowest BCUT2D eigenvalue weighted by Gasteiger charge is -2.55. The molecule has 1 amide bonds. The molecule has 0 radical (unpaired) electrons. The number of hydrogen-bond acceptors (Lipinski definition) is 2. The molecular formula is C18H27NO3. The number of aliphatic carboxylic acids is 1. The molecule has 2 bridgehead atoms. The maximum atomic E-state index is 12.4. The Morgan fingerprint density at radius 2 is 1.55 bits per heavy atom. The molecule has 0 unspecified atom stereocenters. The van der Waals surface area contributed by atoms with Crippen molar-refractivity contribution in [2.75, 3.05) is 0 Å². The van der Waals surface area contributed by atoms with Crippen molar-refractivity contribution in [1.82, 2.24) is 5.32 Å². The van der Waals surface area contributed by atoms with Crippen LogP contribution in [0.5, 0.6) is 0 Å². The molecule has 0 aromatic carbocycles. The van der Waals surface area contributed by atoms with Gasteiger partial charge in [0.05, 0.1) is 5.41 Å². The van der Waals surface area contributed by atoms with Crippen LogP contribution < -0.4 is 5.32 Å². The van der Waals surface area contributed by atoms with Gasteiger partial charge in [0.2, 0.25) is 5.91 Å². The standard InChI is InChI=1S/C18H27NO3/c20-14(10-13-11-16(12-13)2-1-3-16)19-18-7-4-17(5-8-18,6-9-18)15(21)22/h13H,1-12H2,(H,19,20)(H,21,22). The van der Waals surface area contributed by atoms with E-state index in [1.807, 2.05) is 0 Å². The van der Waals surface area contributed by atoms with Crippen LogP contribution in [0.25, 0.3) is 0 Å². The molecule has 0 aromatic rings. The van der Waals surface area contributed by atoms with Gasteiger partial charge in [-0.05, 0) is 75.5 Å². The molecule has 5 saturated carbocycles. The van der Waals surface area contributed by atoms with Crippen LogP contribution in [-0.2, 0) is 9.59 Å². The maximum absolute atomic E-state index is 12.4. The van der Waals surface area contributed by atoms with Crippen LogP contribution in [0.15, 0.2) is 0 Å². The molecule has 5 fully saturated rings. The van der Waals surface area contributed by atoms with Gasteiger partial charge in [-0.25, -0.2) is 0 Å². The fourth-order valence-corrected chi connectivity index (χ4v) is 5.70. The Morgan fingerprint density at radius 1 is 0.955 bits per heavy atom. The topological polar surface area (TPSA) is 66.4 Å². The Balaban J connectivity index is 1.29. The zero-order valence-corrected chi connectivity index (χ0v) is 13.3. The number of carboxylic acid groups (broad SMARTS) is 1. The zero-order valence-electron chi connectivity index (χ0n) is 13.3. The number of carbonyl (C=O) groups excluding carboxylic acids is 1. The maximum Gasteiger partial charge on any atom is 0.309 e. The van der Waals surface area contributed by atoms with E-state index in [2.05, 4.69) is 5.32 Å². The van der Waals surface area contributed by atoms with Crippen molar-refractivity contribution in [2.45, 2.75) is 82.6 Å². The van der Waals surface area contributed by atoms with Crippen LogP contribution in [-0.4, -0.2) is 22.5 Å². The summed E-state index contributed by atoms with van der Waals surface area (Å²) in [6, 6.07) is 0. The van der Waals surface area contributed by atoms with E-state index in [1.165, 1.54) is 32.1 Å². The van der Waals surface area contributed by atoms with Gasteiger partial charge in [-0.1, -0.05) is 6.42 Å². The van der Waals surface area contributed by atoms with Crippen LogP contribution in [0.4, 0.5) is 0 Å². The number of nitrogens with one attached hydrogen (secondary N) is 1. The molecular weight excluding hydrogens is 278 g/mol. The summed E-state index contributed by atoms with van der Waals surface area (Å²) in [7, 11) is 0. The van der Waals surface area contributed by atoms with E-state index in [-0.39, 0.29) is 11.4 Å². The molecule has 122 valence electrons. The Labute approximate surface area is 132 Å². The molecule has 0 heterocycles. The monoisotopic (exact) mass is 305 g/mol. The second kappa shape index (κ2) is 4.72. The van der Waals surface area contributed by atoms with E-state index >= 15 is 0 Å². The van der Waals surface area contributed by atoms with Crippen LogP contribution in [0, 0.1) is 16.7 Å². The highest BCUT2D eigenvalue weighted by atomic mass is 16.4. The van der Waals surface area contributed by atoms with Gasteiger partial charge >= 0.3 is 5.97 Å². The first-order valence-electron chi connectivity index (χ1n) is 9.00. The molecule has 0 atom stereocenters. The smallest absolute Gasteiger partial charge is 0.309 e. The minimum absolute atomic E-state index is 0.0911. The van der Waals surface area contributed by atoms with Crippen molar-refractivity contribution >= 4 is 11.9 Å². The number of carboxylic acids is 1. The van der Waals surface area contributed by atoms with E-state index in [1.54, 1.807) is 0 Å². The van der Waals surface area contributed by atoms with Crippen LogP contribution in [0.1, 0.15) is 77.0 Å². The minimum atomic E-state index is -0.632. The van der Waals surface area contributed by atoms with Gasteiger partial charge in [-0.2, -0.15) is 0 Å². The lowest BCUT2D eigenvalue weighted by atomic mass is 9.51. The predicted octanol–water partition coefficient (Wildman–Crippen LogP) is 3.25. The molecule has 2 N–H and O–H groups in total. The van der Waals surface area contributed by atoms with Crippen LogP contribution >= 0.6 is 0 Å². The fourth-order valence-electron chi connectivity index (χ4n) is 5.70. The lowest BCUT2D eigenvalue weighted by Crippen LogP contribution is -2.58. The molecule has 0 aromatic heterocycles. The molecule has 4 nitrogen and oxygen atoms in total. The quantitative estimate of drug-likeness (QED) is 0.838. The summed E-state index contributed by atoms with van der Waals surface area (Å²) in [6.45, 7) is 0. The Hall–Kier alpha value is -1.06. The van der Waals surface area contributed by atoms with Gasteiger partial charge in [-0.3, -0.25) is 9.59 Å². The van der Waals surface area contributed by atoms with E-state index in [0.717, 1.165) is 38.5 Å². The summed E-state index contributed by atoms with van der Waals surface area (Å²) in [6.07, 6.45) is 12.1. The van der Waals surface area contributed by atoms with Crippen molar-refractivity contribution in [3.05, 3.63) is 0 Å². The molecule has 0 saturated heterocycles. The van der Waals surface area contributed by atoms with Crippen LogP contribution in [0.3, 0.4) is 0 Å². The average Bonchev–Trinajstić information content (AvgIpc) is 2.41. The van der Waals surface area contributed by atoms with E-state index in [9.17, 15) is 14.7 Å². The lowest BCUT2D eigenvalue weighted by molar-refractivity contribution is -0.157. The highest BCUT2D eigenvalue weighted by Crippen LogP contribution is 2.59. The minimum Gasteiger partial charge on any atom is -0.481 e. The highest BCUT2D eigenvalue weighted by molar-refractivity contribution is 5.78.